The van der Waals surface area contributed by atoms with E-state index in [1.54, 1.807) is 7.11 Å². The maximum Gasteiger partial charge on any atom is 0.226 e. The molecule has 4 rings (SSSR count). The van der Waals surface area contributed by atoms with Gasteiger partial charge >= 0.3 is 0 Å². The topological polar surface area (TPSA) is 78.9 Å². The summed E-state index contributed by atoms with van der Waals surface area (Å²) in [7, 11) is 1.65. The summed E-state index contributed by atoms with van der Waals surface area (Å²) < 4.78 is 12.8. The minimum atomic E-state index is 0.470. The third kappa shape index (κ3) is 4.54. The molecule has 2 aromatic carbocycles. The van der Waals surface area contributed by atoms with E-state index in [9.17, 15) is 0 Å². The fourth-order valence-corrected chi connectivity index (χ4v) is 3.83. The number of ether oxygens (including phenoxy) is 1. The Morgan fingerprint density at radius 1 is 1.07 bits per heavy atom. The standard InChI is InChI=1S/C22H23N5O2S/c1-15(2)12-20-23-19(26-29-20)14-30-22-25-24-21(16-8-7-11-18(13-16)28-3)27(22)17-9-5-4-6-10-17/h4-11,13,15H,12,14H2,1-3H3. The van der Waals surface area contributed by atoms with E-state index in [4.69, 9.17) is 9.26 Å². The number of hydrogen-bond acceptors (Lipinski definition) is 7. The molecule has 0 aliphatic carbocycles. The molecule has 8 heteroatoms. The summed E-state index contributed by atoms with van der Waals surface area (Å²) in [5.41, 5.74) is 1.91. The number of benzene rings is 2. The Morgan fingerprint density at radius 3 is 2.67 bits per heavy atom. The van der Waals surface area contributed by atoms with E-state index in [0.29, 0.717) is 23.4 Å². The zero-order chi connectivity index (χ0) is 20.9. The Morgan fingerprint density at radius 2 is 1.90 bits per heavy atom. The van der Waals surface area contributed by atoms with Crippen molar-refractivity contribution in [3.63, 3.8) is 0 Å². The van der Waals surface area contributed by atoms with Crippen molar-refractivity contribution in [2.45, 2.75) is 31.2 Å². The SMILES string of the molecule is COc1cccc(-c2nnc(SCc3noc(CC(C)C)n3)n2-c2ccccc2)c1. The Balaban J connectivity index is 1.65. The molecule has 7 nitrogen and oxygen atoms in total. The largest absolute Gasteiger partial charge is 0.497 e. The first kappa shape index (κ1) is 20.2. The van der Waals surface area contributed by atoms with Crippen LogP contribution in [0.25, 0.3) is 17.1 Å². The summed E-state index contributed by atoms with van der Waals surface area (Å²) >= 11 is 1.53. The van der Waals surface area contributed by atoms with E-state index in [1.807, 2.05) is 59.2 Å². The van der Waals surface area contributed by atoms with Crippen LogP contribution in [0, 0.1) is 5.92 Å². The van der Waals surface area contributed by atoms with Crippen molar-refractivity contribution in [3.05, 3.63) is 66.3 Å². The van der Waals surface area contributed by atoms with Crippen molar-refractivity contribution in [2.24, 2.45) is 5.92 Å². The van der Waals surface area contributed by atoms with Crippen LogP contribution in [0.1, 0.15) is 25.6 Å². The Hall–Kier alpha value is -3.13. The van der Waals surface area contributed by atoms with E-state index in [0.717, 1.165) is 34.4 Å². The summed E-state index contributed by atoms with van der Waals surface area (Å²) in [4.78, 5) is 4.48. The average Bonchev–Trinajstić information content (AvgIpc) is 3.39. The van der Waals surface area contributed by atoms with Gasteiger partial charge in [-0.05, 0) is 30.2 Å². The third-order valence-corrected chi connectivity index (χ3v) is 5.32. The van der Waals surface area contributed by atoms with E-state index < -0.39 is 0 Å². The molecule has 0 amide bonds. The quantitative estimate of drug-likeness (QED) is 0.378. The van der Waals surface area contributed by atoms with Gasteiger partial charge in [-0.2, -0.15) is 4.98 Å². The van der Waals surface area contributed by atoms with Crippen LogP contribution in [0.2, 0.25) is 0 Å². The second kappa shape index (κ2) is 9.13. The highest BCUT2D eigenvalue weighted by Crippen LogP contribution is 2.30. The van der Waals surface area contributed by atoms with E-state index >= 15 is 0 Å². The smallest absolute Gasteiger partial charge is 0.226 e. The highest BCUT2D eigenvalue weighted by Gasteiger charge is 2.18. The summed E-state index contributed by atoms with van der Waals surface area (Å²) in [6.07, 6.45) is 0.776. The summed E-state index contributed by atoms with van der Waals surface area (Å²) in [5.74, 6) is 3.86. The van der Waals surface area contributed by atoms with Gasteiger partial charge in [0, 0.05) is 17.7 Å². The molecule has 2 heterocycles. The van der Waals surface area contributed by atoms with Crippen LogP contribution >= 0.6 is 11.8 Å². The number of para-hydroxylation sites is 1. The van der Waals surface area contributed by atoms with E-state index in [2.05, 4.69) is 34.2 Å². The van der Waals surface area contributed by atoms with Gasteiger partial charge < -0.3 is 9.26 Å². The maximum absolute atomic E-state index is 5.37. The summed E-state index contributed by atoms with van der Waals surface area (Å²) in [5, 5.41) is 13.8. The molecule has 0 radical (unpaired) electrons. The first-order valence-corrected chi connectivity index (χ1v) is 10.7. The molecule has 0 fully saturated rings. The predicted molar refractivity (Wildman–Crippen MR) is 116 cm³/mol. The second-order valence-electron chi connectivity index (χ2n) is 7.20. The summed E-state index contributed by atoms with van der Waals surface area (Å²) in [6.45, 7) is 4.25. The molecule has 4 aromatic rings. The Labute approximate surface area is 179 Å². The molecule has 0 saturated carbocycles. The lowest BCUT2D eigenvalue weighted by Gasteiger charge is -2.10. The van der Waals surface area contributed by atoms with Crippen LogP contribution in [0.5, 0.6) is 5.75 Å². The van der Waals surface area contributed by atoms with Crippen LogP contribution in [0.4, 0.5) is 0 Å². The zero-order valence-corrected chi connectivity index (χ0v) is 18.0. The third-order valence-electron chi connectivity index (χ3n) is 4.40. The number of aromatic nitrogens is 5. The molecule has 0 atom stereocenters. The van der Waals surface area contributed by atoms with Gasteiger partial charge in [-0.3, -0.25) is 4.57 Å². The fourth-order valence-electron chi connectivity index (χ4n) is 3.03. The van der Waals surface area contributed by atoms with E-state index in [-0.39, 0.29) is 0 Å². The molecule has 0 spiro atoms. The normalized spacial score (nSPS) is 11.2. The van der Waals surface area contributed by atoms with Crippen LogP contribution in [-0.4, -0.2) is 32.0 Å². The highest BCUT2D eigenvalue weighted by atomic mass is 32.2. The van der Waals surface area contributed by atoms with Crippen molar-refractivity contribution >= 4 is 11.8 Å². The van der Waals surface area contributed by atoms with Gasteiger partial charge in [0.05, 0.1) is 12.9 Å². The van der Waals surface area contributed by atoms with Crippen LogP contribution in [-0.2, 0) is 12.2 Å². The lowest BCUT2D eigenvalue weighted by Crippen LogP contribution is -2.00. The fraction of sp³-hybridized carbons (Fsp3) is 0.273. The number of thioether (sulfide) groups is 1. The number of rotatable bonds is 8. The molecule has 0 aliphatic rings. The first-order valence-electron chi connectivity index (χ1n) is 9.73. The highest BCUT2D eigenvalue weighted by molar-refractivity contribution is 7.98. The van der Waals surface area contributed by atoms with Gasteiger partial charge in [0.1, 0.15) is 5.75 Å². The molecular formula is C22H23N5O2S. The molecule has 0 saturated heterocycles. The van der Waals surface area contributed by atoms with Gasteiger partial charge in [0.15, 0.2) is 16.8 Å². The molecule has 0 aliphatic heterocycles. The van der Waals surface area contributed by atoms with Crippen LogP contribution in [0.3, 0.4) is 0 Å². The maximum atomic E-state index is 5.37. The zero-order valence-electron chi connectivity index (χ0n) is 17.1. The van der Waals surface area contributed by atoms with Gasteiger partial charge in [-0.1, -0.05) is 61.1 Å². The van der Waals surface area contributed by atoms with Gasteiger partial charge in [-0.25, -0.2) is 0 Å². The van der Waals surface area contributed by atoms with Crippen molar-refractivity contribution < 1.29 is 9.26 Å². The molecular weight excluding hydrogens is 398 g/mol. The lowest BCUT2D eigenvalue weighted by atomic mass is 10.1. The first-order chi connectivity index (χ1) is 14.6. The molecule has 0 bridgehead atoms. The van der Waals surface area contributed by atoms with Gasteiger partial charge in [-0.15, -0.1) is 10.2 Å². The number of methoxy groups -OCH3 is 1. The predicted octanol–water partition coefficient (Wildman–Crippen LogP) is 4.82. The van der Waals surface area contributed by atoms with Crippen LogP contribution < -0.4 is 4.74 Å². The average molecular weight is 422 g/mol. The van der Waals surface area contributed by atoms with Crippen LogP contribution in [0.15, 0.2) is 64.3 Å². The van der Waals surface area contributed by atoms with Crippen molar-refractivity contribution in [1.29, 1.82) is 0 Å². The lowest BCUT2D eigenvalue weighted by molar-refractivity contribution is 0.360. The molecule has 0 N–H and O–H groups in total. The monoisotopic (exact) mass is 421 g/mol. The van der Waals surface area contributed by atoms with Crippen molar-refractivity contribution in [3.8, 4) is 22.8 Å². The molecule has 2 aromatic heterocycles. The van der Waals surface area contributed by atoms with Crippen molar-refractivity contribution in [1.82, 2.24) is 24.9 Å². The van der Waals surface area contributed by atoms with Crippen molar-refractivity contribution in [2.75, 3.05) is 7.11 Å². The minimum Gasteiger partial charge on any atom is -0.497 e. The molecule has 30 heavy (non-hydrogen) atoms. The van der Waals surface area contributed by atoms with Gasteiger partial charge in [0.2, 0.25) is 5.89 Å². The molecule has 0 unspecified atom stereocenters. The second-order valence-corrected chi connectivity index (χ2v) is 8.14. The molecule has 154 valence electrons. The van der Waals surface area contributed by atoms with Gasteiger partial charge in [0.25, 0.3) is 0 Å². The Kier molecular flexibility index (Phi) is 6.13. The summed E-state index contributed by atoms with van der Waals surface area (Å²) in [6, 6.07) is 17.9. The minimum absolute atomic E-state index is 0.470. The van der Waals surface area contributed by atoms with E-state index in [1.165, 1.54) is 11.8 Å². The number of hydrogen-bond donors (Lipinski definition) is 0. The number of nitrogens with zero attached hydrogens (tertiary/aromatic N) is 5. The Bertz CT molecular complexity index is 1110.